The van der Waals surface area contributed by atoms with Crippen LogP contribution in [-0.2, 0) is 11.3 Å². The number of aliphatic imine (C=N–C) groups is 1. The molecule has 1 atom stereocenters. The number of nitrogens with one attached hydrogen (secondary N) is 1. The molecule has 1 aromatic rings. The fraction of sp³-hybridized carbons (Fsp3) is 0.619. The first kappa shape index (κ1) is 23.7. The van der Waals surface area contributed by atoms with E-state index >= 15 is 0 Å². The number of carbonyl (C=O) groups excluding carboxylic acids is 1. The number of guanidine groups is 1. The SMILES string of the molecule is CN=C(NCc1cccc(OC)c1)N1CCN(C(C)C(=O)N2CCCC2)CC1.I. The molecule has 3 rings (SSSR count). The fourth-order valence-electron chi connectivity index (χ4n) is 3.97. The number of piperazine rings is 1. The van der Waals surface area contributed by atoms with Crippen molar-refractivity contribution >= 4 is 35.8 Å². The first-order chi connectivity index (χ1) is 13.6. The third-order valence-corrected chi connectivity index (χ3v) is 5.73. The smallest absolute Gasteiger partial charge is 0.239 e. The lowest BCUT2D eigenvalue weighted by atomic mass is 10.2. The van der Waals surface area contributed by atoms with Gasteiger partial charge >= 0.3 is 0 Å². The topological polar surface area (TPSA) is 60.4 Å². The van der Waals surface area contributed by atoms with Gasteiger partial charge in [-0.3, -0.25) is 14.7 Å². The molecule has 2 aliphatic rings. The first-order valence-electron chi connectivity index (χ1n) is 10.2. The number of ether oxygens (including phenoxy) is 1. The molecular formula is C21H34IN5O2. The largest absolute Gasteiger partial charge is 0.497 e. The van der Waals surface area contributed by atoms with Gasteiger partial charge in [0.25, 0.3) is 0 Å². The van der Waals surface area contributed by atoms with Gasteiger partial charge in [0.15, 0.2) is 5.96 Å². The third kappa shape index (κ3) is 6.21. The van der Waals surface area contributed by atoms with Crippen molar-refractivity contribution in [2.75, 3.05) is 53.4 Å². The van der Waals surface area contributed by atoms with Crippen molar-refractivity contribution in [3.63, 3.8) is 0 Å². The van der Waals surface area contributed by atoms with E-state index in [1.807, 2.05) is 37.1 Å². The van der Waals surface area contributed by atoms with Crippen molar-refractivity contribution in [1.82, 2.24) is 20.0 Å². The quantitative estimate of drug-likeness (QED) is 0.370. The first-order valence-corrected chi connectivity index (χ1v) is 10.2. The van der Waals surface area contributed by atoms with Gasteiger partial charge in [-0.1, -0.05) is 12.1 Å². The van der Waals surface area contributed by atoms with E-state index < -0.39 is 0 Å². The lowest BCUT2D eigenvalue weighted by molar-refractivity contribution is -0.135. The average Bonchev–Trinajstić information content (AvgIpc) is 3.28. The van der Waals surface area contributed by atoms with Crippen molar-refractivity contribution in [2.24, 2.45) is 4.99 Å². The van der Waals surface area contributed by atoms with Crippen LogP contribution in [0.1, 0.15) is 25.3 Å². The molecule has 0 aromatic heterocycles. The molecule has 2 aliphatic heterocycles. The Morgan fingerprint density at radius 1 is 1.14 bits per heavy atom. The molecule has 0 radical (unpaired) electrons. The summed E-state index contributed by atoms with van der Waals surface area (Å²) in [6.45, 7) is 8.08. The van der Waals surface area contributed by atoms with Crippen molar-refractivity contribution in [3.05, 3.63) is 29.8 Å². The molecule has 1 aromatic carbocycles. The van der Waals surface area contributed by atoms with Crippen LogP contribution in [0.5, 0.6) is 5.75 Å². The van der Waals surface area contributed by atoms with E-state index in [1.54, 1.807) is 7.11 Å². The summed E-state index contributed by atoms with van der Waals surface area (Å²) in [6.07, 6.45) is 2.28. The van der Waals surface area contributed by atoms with E-state index in [2.05, 4.69) is 26.2 Å². The number of halogens is 1. The van der Waals surface area contributed by atoms with E-state index in [4.69, 9.17) is 4.74 Å². The molecular weight excluding hydrogens is 481 g/mol. The van der Waals surface area contributed by atoms with Crippen molar-refractivity contribution in [2.45, 2.75) is 32.4 Å². The van der Waals surface area contributed by atoms with Crippen LogP contribution in [-0.4, -0.2) is 86.0 Å². The molecule has 0 aliphatic carbocycles. The van der Waals surface area contributed by atoms with Crippen LogP contribution in [0, 0.1) is 0 Å². The fourth-order valence-corrected chi connectivity index (χ4v) is 3.97. The second-order valence-corrected chi connectivity index (χ2v) is 7.48. The number of nitrogens with zero attached hydrogens (tertiary/aromatic N) is 4. The molecule has 162 valence electrons. The molecule has 2 saturated heterocycles. The number of likely N-dealkylation sites (tertiary alicyclic amines) is 1. The Labute approximate surface area is 191 Å². The van der Waals surface area contributed by atoms with Gasteiger partial charge in [-0.15, -0.1) is 24.0 Å². The Morgan fingerprint density at radius 3 is 2.45 bits per heavy atom. The molecule has 2 fully saturated rings. The van der Waals surface area contributed by atoms with Crippen molar-refractivity contribution < 1.29 is 9.53 Å². The third-order valence-electron chi connectivity index (χ3n) is 5.73. The number of methoxy groups -OCH3 is 1. The van der Waals surface area contributed by atoms with Crippen molar-refractivity contribution in [1.29, 1.82) is 0 Å². The van der Waals surface area contributed by atoms with Crippen LogP contribution >= 0.6 is 24.0 Å². The van der Waals surface area contributed by atoms with Gasteiger partial charge in [0.05, 0.1) is 13.2 Å². The van der Waals surface area contributed by atoms with E-state index in [0.29, 0.717) is 6.54 Å². The molecule has 29 heavy (non-hydrogen) atoms. The highest BCUT2D eigenvalue weighted by atomic mass is 127. The minimum absolute atomic E-state index is 0. The van der Waals surface area contributed by atoms with Gasteiger partial charge in [0.2, 0.25) is 5.91 Å². The summed E-state index contributed by atoms with van der Waals surface area (Å²) in [7, 11) is 3.50. The van der Waals surface area contributed by atoms with Gasteiger partial charge in [0.1, 0.15) is 5.75 Å². The molecule has 0 bridgehead atoms. The van der Waals surface area contributed by atoms with Crippen LogP contribution in [0.3, 0.4) is 0 Å². The van der Waals surface area contributed by atoms with Gasteiger partial charge in [-0.2, -0.15) is 0 Å². The zero-order chi connectivity index (χ0) is 19.9. The summed E-state index contributed by atoms with van der Waals surface area (Å²) in [6, 6.07) is 8.01. The number of carbonyl (C=O) groups is 1. The maximum atomic E-state index is 12.7. The molecule has 1 N–H and O–H groups in total. The summed E-state index contributed by atoms with van der Waals surface area (Å²) in [4.78, 5) is 23.7. The minimum atomic E-state index is -0.0352. The number of hydrogen-bond donors (Lipinski definition) is 1. The van der Waals surface area contributed by atoms with Crippen LogP contribution in [0.4, 0.5) is 0 Å². The summed E-state index contributed by atoms with van der Waals surface area (Å²) < 4.78 is 5.29. The summed E-state index contributed by atoms with van der Waals surface area (Å²) in [5.74, 6) is 2.05. The molecule has 2 heterocycles. The summed E-state index contributed by atoms with van der Waals surface area (Å²) >= 11 is 0. The molecule has 1 amide bonds. The van der Waals surface area contributed by atoms with E-state index in [1.165, 1.54) is 0 Å². The van der Waals surface area contributed by atoms with E-state index in [0.717, 1.165) is 69.4 Å². The Balaban J connectivity index is 0.00000300. The molecule has 7 nitrogen and oxygen atoms in total. The zero-order valence-corrected chi connectivity index (χ0v) is 20.1. The normalized spacial score (nSPS) is 18.9. The van der Waals surface area contributed by atoms with Gasteiger partial charge in [-0.05, 0) is 37.5 Å². The molecule has 1 unspecified atom stereocenters. The number of rotatable bonds is 5. The van der Waals surface area contributed by atoms with Crippen LogP contribution in [0.15, 0.2) is 29.3 Å². The van der Waals surface area contributed by atoms with Gasteiger partial charge in [0, 0.05) is 52.9 Å². The Bertz CT molecular complexity index is 685. The highest BCUT2D eigenvalue weighted by Crippen LogP contribution is 2.15. The Morgan fingerprint density at radius 2 is 1.83 bits per heavy atom. The number of amides is 1. The molecule has 8 heteroatoms. The summed E-state index contributed by atoms with van der Waals surface area (Å²) in [5.41, 5.74) is 1.16. The van der Waals surface area contributed by atoms with Gasteiger partial charge in [-0.25, -0.2) is 0 Å². The second-order valence-electron chi connectivity index (χ2n) is 7.48. The maximum Gasteiger partial charge on any atom is 0.239 e. The molecule has 0 spiro atoms. The summed E-state index contributed by atoms with van der Waals surface area (Å²) in [5, 5.41) is 3.45. The zero-order valence-electron chi connectivity index (χ0n) is 17.8. The average molecular weight is 515 g/mol. The van der Waals surface area contributed by atoms with E-state index in [9.17, 15) is 4.79 Å². The van der Waals surface area contributed by atoms with Crippen LogP contribution < -0.4 is 10.1 Å². The van der Waals surface area contributed by atoms with Crippen LogP contribution in [0.2, 0.25) is 0 Å². The van der Waals surface area contributed by atoms with Crippen molar-refractivity contribution in [3.8, 4) is 5.75 Å². The lowest BCUT2D eigenvalue weighted by Crippen LogP contribution is -2.57. The second kappa shape index (κ2) is 11.6. The lowest BCUT2D eigenvalue weighted by Gasteiger charge is -2.39. The van der Waals surface area contributed by atoms with Crippen LogP contribution in [0.25, 0.3) is 0 Å². The highest BCUT2D eigenvalue weighted by molar-refractivity contribution is 14.0. The monoisotopic (exact) mass is 515 g/mol. The highest BCUT2D eigenvalue weighted by Gasteiger charge is 2.30. The Kier molecular flexibility index (Phi) is 9.48. The van der Waals surface area contributed by atoms with E-state index in [-0.39, 0.29) is 35.9 Å². The Hall–Kier alpha value is -1.55. The predicted molar refractivity (Wildman–Crippen MR) is 127 cm³/mol. The predicted octanol–water partition coefficient (Wildman–Crippen LogP) is 2.02. The molecule has 0 saturated carbocycles. The maximum absolute atomic E-state index is 12.7. The number of benzene rings is 1. The van der Waals surface area contributed by atoms with Gasteiger partial charge < -0.3 is 19.9 Å². The standard InChI is InChI=1S/C21H33N5O2.HI/c1-17(20(27)25-9-4-5-10-25)24-11-13-26(14-12-24)21(22-2)23-16-18-7-6-8-19(15-18)28-3;/h6-8,15,17H,4-5,9-14,16H2,1-3H3,(H,22,23);1H. The number of hydrogen-bond acceptors (Lipinski definition) is 4. The minimum Gasteiger partial charge on any atom is -0.497 e.